The van der Waals surface area contributed by atoms with Crippen molar-refractivity contribution in [3.05, 3.63) is 170 Å². The summed E-state index contributed by atoms with van der Waals surface area (Å²) in [5.41, 5.74) is 0. The van der Waals surface area contributed by atoms with Crippen LogP contribution in [-0.4, -0.2) is 95.9 Å². The van der Waals surface area contributed by atoms with E-state index in [4.69, 9.17) is 32.3 Å². The number of hydrogen-bond acceptors (Lipinski definition) is 14. The van der Waals surface area contributed by atoms with Crippen LogP contribution in [0.25, 0.3) is 0 Å². The van der Waals surface area contributed by atoms with Gasteiger partial charge < -0.3 is 34.2 Å². The third-order valence-electron chi connectivity index (χ3n) is 20.9. The summed E-state index contributed by atoms with van der Waals surface area (Å²) in [4.78, 5) is 59.1. The summed E-state index contributed by atoms with van der Waals surface area (Å²) in [6, 6.07) is 0. The quantitative estimate of drug-likeness (QED) is 0.0146. The van der Waals surface area contributed by atoms with E-state index in [1.165, 1.54) is 193 Å². The summed E-state index contributed by atoms with van der Waals surface area (Å²) in [6.45, 7) is 2.48. The number of esters is 3. The third-order valence-corrected chi connectivity index (χ3v) is 22.8. The lowest BCUT2D eigenvalue weighted by Crippen LogP contribution is -2.30. The number of aliphatic hydroxyl groups excluding tert-OH is 2. The molecule has 0 aliphatic carbocycles. The molecule has 16 nitrogen and oxygen atoms in total. The van der Waals surface area contributed by atoms with Crippen LogP contribution in [0.5, 0.6) is 0 Å². The molecule has 0 aliphatic heterocycles. The Labute approximate surface area is 752 Å². The number of allylic oxidation sites excluding steroid dienone is 28. The van der Waals surface area contributed by atoms with Crippen molar-refractivity contribution in [2.45, 2.75) is 437 Å². The fraction of sp³-hybridized carbons (Fsp3) is 0.705. The van der Waals surface area contributed by atoms with Crippen LogP contribution in [0.4, 0.5) is 0 Å². The number of phosphoric acid groups is 2. The highest BCUT2D eigenvalue weighted by atomic mass is 31.2. The number of unbranched alkanes of at least 4 members (excludes halogenated alkanes) is 42. The number of ether oxygens (including phenoxy) is 3. The topological polar surface area (TPSA) is 231 Å². The molecule has 706 valence electrons. The van der Waals surface area contributed by atoms with E-state index >= 15 is 0 Å². The van der Waals surface area contributed by atoms with Gasteiger partial charge in [-0.2, -0.15) is 0 Å². The van der Waals surface area contributed by atoms with Crippen molar-refractivity contribution in [1.82, 2.24) is 0 Å². The maximum atomic E-state index is 13.1. The average molecular weight is 1760 g/mol. The zero-order valence-corrected chi connectivity index (χ0v) is 79.9. The maximum Gasteiger partial charge on any atom is 0.472 e. The van der Waals surface area contributed by atoms with Gasteiger partial charge in [-0.1, -0.05) is 416 Å². The van der Waals surface area contributed by atoms with E-state index in [9.17, 15) is 43.5 Å². The molecular weight excluding hydrogens is 1580 g/mol. The van der Waals surface area contributed by atoms with Gasteiger partial charge in [-0.3, -0.25) is 32.5 Å². The minimum Gasteiger partial charge on any atom is -0.463 e. The second-order valence-corrected chi connectivity index (χ2v) is 35.7. The molecule has 0 aliphatic rings. The Morgan fingerprint density at radius 1 is 0.236 bits per heavy atom. The van der Waals surface area contributed by atoms with Crippen molar-refractivity contribution >= 4 is 33.6 Å². The van der Waals surface area contributed by atoms with Gasteiger partial charge in [0.25, 0.3) is 0 Å². The summed E-state index contributed by atoms with van der Waals surface area (Å²) < 4.78 is 61.6. The molecule has 0 saturated heterocycles. The van der Waals surface area contributed by atoms with Gasteiger partial charge in [0.05, 0.1) is 26.4 Å². The molecule has 0 aromatic carbocycles. The molecule has 0 amide bonds. The zero-order chi connectivity index (χ0) is 89.3. The number of rotatable bonds is 93. The Hall–Kier alpha value is -5.09. The van der Waals surface area contributed by atoms with Gasteiger partial charge in [-0.25, -0.2) is 9.13 Å². The molecule has 0 fully saturated rings. The third kappa shape index (κ3) is 97.4. The van der Waals surface area contributed by atoms with Crippen molar-refractivity contribution in [1.29, 1.82) is 0 Å². The van der Waals surface area contributed by atoms with Crippen molar-refractivity contribution in [2.24, 2.45) is 0 Å². The second kappa shape index (κ2) is 96.0. The molecule has 0 aromatic heterocycles. The van der Waals surface area contributed by atoms with E-state index in [0.29, 0.717) is 19.3 Å². The van der Waals surface area contributed by atoms with Gasteiger partial charge in [-0.15, -0.1) is 0 Å². The molecule has 0 heterocycles. The number of aliphatic hydroxyl groups is 2. The summed E-state index contributed by atoms with van der Waals surface area (Å²) in [7, 11) is -9.81. The molecule has 0 spiro atoms. The summed E-state index contributed by atoms with van der Waals surface area (Å²) >= 11 is 0. The van der Waals surface area contributed by atoms with Crippen LogP contribution in [0.3, 0.4) is 0 Å². The molecule has 0 rings (SSSR count). The highest BCUT2D eigenvalue weighted by molar-refractivity contribution is 7.47. The number of hydrogen-bond donors (Lipinski definition) is 4. The average Bonchev–Trinajstić information content (AvgIpc) is 0.899. The lowest BCUT2D eigenvalue weighted by atomic mass is 10.0. The van der Waals surface area contributed by atoms with Crippen LogP contribution in [0.1, 0.15) is 419 Å². The van der Waals surface area contributed by atoms with Crippen LogP contribution in [0.15, 0.2) is 170 Å². The first-order chi connectivity index (χ1) is 60.2. The minimum atomic E-state index is -4.95. The Balaban J connectivity index is 4.50. The fourth-order valence-electron chi connectivity index (χ4n) is 13.5. The van der Waals surface area contributed by atoms with E-state index in [0.717, 1.165) is 167 Å². The Morgan fingerprint density at radius 3 is 0.683 bits per heavy atom. The lowest BCUT2D eigenvalue weighted by Gasteiger charge is -2.21. The Morgan fingerprint density at radius 2 is 0.431 bits per heavy atom. The van der Waals surface area contributed by atoms with Crippen molar-refractivity contribution in [3.8, 4) is 0 Å². The number of phosphoric ester groups is 2. The molecule has 4 N–H and O–H groups in total. The molecule has 0 bridgehead atoms. The molecular formula is C105H180O16P2. The smallest absolute Gasteiger partial charge is 0.463 e. The van der Waals surface area contributed by atoms with E-state index in [-0.39, 0.29) is 19.3 Å². The standard InChI is InChI=1S/C105H180O16P2/c1-4-7-10-13-16-19-22-25-28-31-34-36-38-40-42-44-46-48-49-51-53-54-56-58-60-62-65-67-70-73-76-79-82-85-88-91-103(108)115-94-100(106)95-117-122(111,112)118-96-101(107)97-119-123(113,114)120-99-102(121-105(110)93-90-87-84-81-78-75-72-69-64-33-30-27-24-21-18-15-12-9-6-3)98-116-104(109)92-89-86-83-80-77-74-71-68-66-63-61-59-57-55-52-50-47-45-43-41-39-37-35-32-29-26-23-20-17-14-11-8-5-2/h7-8,10-11,16-21,25-30,34-37,40-43,46,48,64,69,100-102,106-107H,4-6,9,12-15,22-24,31-33,38-39,44-45,47,49-63,65-68,70-99H2,1-3H3,(H,111,112)(H,113,114)/b10-7-,11-8-,19-16-,20-17-,21-18-,28-25-,29-26-,30-27-,36-34-,37-35-,42-40-,43-41-,48-46-,69-64-. The second-order valence-electron chi connectivity index (χ2n) is 32.8. The van der Waals surface area contributed by atoms with Crippen molar-refractivity contribution in [2.75, 3.05) is 39.6 Å². The molecule has 5 atom stereocenters. The van der Waals surface area contributed by atoms with Crippen LogP contribution in [-0.2, 0) is 55.8 Å². The molecule has 0 aromatic rings. The highest BCUT2D eigenvalue weighted by Gasteiger charge is 2.30. The minimum absolute atomic E-state index is 0.0888. The van der Waals surface area contributed by atoms with Crippen molar-refractivity contribution < 1.29 is 75.8 Å². The van der Waals surface area contributed by atoms with Gasteiger partial charge >= 0.3 is 33.6 Å². The molecule has 0 radical (unpaired) electrons. The Kier molecular flexibility index (Phi) is 92.0. The first-order valence-electron chi connectivity index (χ1n) is 49.4. The lowest BCUT2D eigenvalue weighted by molar-refractivity contribution is -0.161. The monoisotopic (exact) mass is 1760 g/mol. The normalized spacial score (nSPS) is 14.4. The van der Waals surface area contributed by atoms with E-state index in [2.05, 4.69) is 191 Å². The summed E-state index contributed by atoms with van der Waals surface area (Å²) in [5, 5.41) is 20.8. The van der Waals surface area contributed by atoms with E-state index in [1.54, 1.807) is 0 Å². The van der Waals surface area contributed by atoms with Gasteiger partial charge in [0.15, 0.2) is 6.10 Å². The van der Waals surface area contributed by atoms with E-state index in [1.807, 2.05) is 0 Å². The van der Waals surface area contributed by atoms with Crippen LogP contribution in [0, 0.1) is 0 Å². The van der Waals surface area contributed by atoms with Gasteiger partial charge in [0, 0.05) is 19.3 Å². The molecule has 5 unspecified atom stereocenters. The van der Waals surface area contributed by atoms with Crippen molar-refractivity contribution in [3.63, 3.8) is 0 Å². The first kappa shape index (κ1) is 118. The van der Waals surface area contributed by atoms with Crippen LogP contribution in [0.2, 0.25) is 0 Å². The predicted octanol–water partition coefficient (Wildman–Crippen LogP) is 31.0. The molecule has 0 saturated carbocycles. The van der Waals surface area contributed by atoms with Gasteiger partial charge in [0.2, 0.25) is 0 Å². The number of carbonyl (C=O) groups excluding carboxylic acids is 3. The summed E-state index contributed by atoms with van der Waals surface area (Å²) in [6.07, 6.45) is 126. The zero-order valence-electron chi connectivity index (χ0n) is 78.1. The van der Waals surface area contributed by atoms with E-state index < -0.39 is 91.5 Å². The Bertz CT molecular complexity index is 2920. The SMILES string of the molecule is CC/C=C\C/C=C\C/C=C\C/C=C\C/C=C\C/C=C\CCCCCCCCCCCCCCCCCCC(=O)OCC(O)COP(=O)(O)OCC(O)COP(=O)(O)OCC(COC(=O)CCCCCCCCCCCCCCCCCCC/C=C\C/C=C\C/C=C\C/C=C\C/C=C\CC)OC(=O)CCCCCCCC/C=C\C/C=C\C/C=C\CCCCC. The first-order valence-corrected chi connectivity index (χ1v) is 52.4. The summed E-state index contributed by atoms with van der Waals surface area (Å²) in [5.74, 6) is -1.57. The van der Waals surface area contributed by atoms with Crippen LogP contribution >= 0.6 is 15.6 Å². The molecule has 123 heavy (non-hydrogen) atoms. The van der Waals surface area contributed by atoms with Crippen LogP contribution < -0.4 is 0 Å². The molecule has 18 heteroatoms. The van der Waals surface area contributed by atoms with Gasteiger partial charge in [0.1, 0.15) is 25.4 Å². The fourth-order valence-corrected chi connectivity index (χ4v) is 15.1. The van der Waals surface area contributed by atoms with Gasteiger partial charge in [-0.05, 0) is 154 Å². The largest absolute Gasteiger partial charge is 0.472 e. The highest BCUT2D eigenvalue weighted by Crippen LogP contribution is 2.45. The number of carbonyl (C=O) groups is 3. The maximum absolute atomic E-state index is 13.1. The predicted molar refractivity (Wildman–Crippen MR) is 519 cm³/mol.